The van der Waals surface area contributed by atoms with Crippen LogP contribution in [0.2, 0.25) is 0 Å². The molecule has 0 unspecified atom stereocenters. The first kappa shape index (κ1) is 20.1. The summed E-state index contributed by atoms with van der Waals surface area (Å²) in [4.78, 5) is 24.0. The zero-order valence-corrected chi connectivity index (χ0v) is 16.2. The lowest BCUT2D eigenvalue weighted by Crippen LogP contribution is -2.20. The van der Waals surface area contributed by atoms with Crippen molar-refractivity contribution in [1.82, 2.24) is 0 Å². The number of rotatable bonds is 3. The maximum Gasteiger partial charge on any atom is 0.339 e. The molecule has 4 nitrogen and oxygen atoms in total. The molecule has 2 aromatic carbocycles. The average molecular weight is 380 g/mol. The van der Waals surface area contributed by atoms with Gasteiger partial charge in [-0.1, -0.05) is 42.8 Å². The Morgan fingerprint density at radius 3 is 1.89 bits per heavy atom. The molecule has 0 aromatic heterocycles. The van der Waals surface area contributed by atoms with Crippen LogP contribution in [0.15, 0.2) is 48.5 Å². The van der Waals surface area contributed by atoms with Gasteiger partial charge in [-0.25, -0.2) is 9.59 Å². The third-order valence-corrected chi connectivity index (χ3v) is 5.41. The fourth-order valence-electron chi connectivity index (χ4n) is 3.78. The van der Waals surface area contributed by atoms with E-state index in [1.807, 2.05) is 0 Å². The van der Waals surface area contributed by atoms with Crippen LogP contribution >= 0.6 is 0 Å². The van der Waals surface area contributed by atoms with Gasteiger partial charge in [-0.3, -0.25) is 0 Å². The number of carboxylic acid groups (broad SMARTS) is 1. The molecule has 28 heavy (non-hydrogen) atoms. The Morgan fingerprint density at radius 1 is 0.750 bits per heavy atom. The monoisotopic (exact) mass is 380 g/mol. The van der Waals surface area contributed by atoms with Gasteiger partial charge in [-0.2, -0.15) is 0 Å². The van der Waals surface area contributed by atoms with E-state index in [4.69, 9.17) is 4.74 Å². The summed E-state index contributed by atoms with van der Waals surface area (Å²) in [7, 11) is 0. The molecule has 4 rings (SSSR count). The number of carbonyl (C=O) groups is 2. The maximum atomic E-state index is 12.6. The zero-order chi connectivity index (χ0) is 19.8. The summed E-state index contributed by atoms with van der Waals surface area (Å²) in [5.41, 5.74) is 2.86. The quantitative estimate of drug-likeness (QED) is 0.720. The van der Waals surface area contributed by atoms with E-state index < -0.39 is 11.9 Å². The second kappa shape index (κ2) is 10.1. The summed E-state index contributed by atoms with van der Waals surface area (Å²) in [6, 6.07) is 15.2. The van der Waals surface area contributed by atoms with Crippen LogP contribution in [-0.4, -0.2) is 23.1 Å². The van der Waals surface area contributed by atoms with Gasteiger partial charge in [0.15, 0.2) is 0 Å². The summed E-state index contributed by atoms with van der Waals surface area (Å²) < 4.78 is 5.75. The van der Waals surface area contributed by atoms with E-state index in [0.717, 1.165) is 57.8 Å². The molecular formula is C24H28O4. The van der Waals surface area contributed by atoms with Crippen LogP contribution < -0.4 is 0 Å². The number of hydrogen-bond acceptors (Lipinski definition) is 3. The van der Waals surface area contributed by atoms with Crippen molar-refractivity contribution in [1.29, 1.82) is 0 Å². The fraction of sp³-hybridized carbons (Fsp3) is 0.417. The summed E-state index contributed by atoms with van der Waals surface area (Å²) in [6.07, 6.45) is 8.88. The molecule has 0 amide bonds. The molecule has 0 radical (unpaired) electrons. The Labute approximate surface area is 166 Å². The molecule has 2 aromatic rings. The van der Waals surface area contributed by atoms with E-state index >= 15 is 0 Å². The minimum atomic E-state index is -1.11. The number of carboxylic acids is 1. The normalized spacial score (nSPS) is 18.2. The van der Waals surface area contributed by atoms with Crippen LogP contribution in [-0.2, 0) is 17.6 Å². The second-order valence-electron chi connectivity index (χ2n) is 7.54. The van der Waals surface area contributed by atoms with E-state index in [1.165, 1.54) is 23.3 Å². The first-order chi connectivity index (χ1) is 13.6. The SMILES string of the molecule is O=C(O)c1ccccc1C(=O)O[C@H]1CCCCCc2ccc(cc2)CCCC1. The highest BCUT2D eigenvalue weighted by Gasteiger charge is 2.21. The molecular weight excluding hydrogens is 352 g/mol. The van der Waals surface area contributed by atoms with Crippen LogP contribution in [0.1, 0.15) is 76.8 Å². The Balaban J connectivity index is 1.63. The number of aryl methyl sites for hydroxylation is 2. The Morgan fingerprint density at radius 2 is 1.29 bits per heavy atom. The van der Waals surface area contributed by atoms with E-state index in [2.05, 4.69) is 24.3 Å². The van der Waals surface area contributed by atoms with Gasteiger partial charge in [0.25, 0.3) is 0 Å². The van der Waals surface area contributed by atoms with Gasteiger partial charge in [-0.05, 0) is 74.6 Å². The lowest BCUT2D eigenvalue weighted by molar-refractivity contribution is 0.0244. The van der Waals surface area contributed by atoms with Gasteiger partial charge < -0.3 is 9.84 Å². The molecule has 148 valence electrons. The summed E-state index contributed by atoms with van der Waals surface area (Å²) in [5.74, 6) is -1.64. The van der Waals surface area contributed by atoms with Crippen LogP contribution in [0.25, 0.3) is 0 Å². The standard InChI is InChI=1S/C24H28O4/c25-23(26)21-12-6-7-13-22(21)24(27)28-20-10-3-1-2-8-18-14-16-19(17-15-18)9-4-5-11-20/h6-7,12-17,20H,1-5,8-11H2,(H,25,26)/t20-/m0/s1. The van der Waals surface area contributed by atoms with Crippen molar-refractivity contribution in [2.24, 2.45) is 0 Å². The van der Waals surface area contributed by atoms with Gasteiger partial charge in [0, 0.05) is 0 Å². The van der Waals surface area contributed by atoms with E-state index in [-0.39, 0.29) is 17.2 Å². The first-order valence-electron chi connectivity index (χ1n) is 10.2. The topological polar surface area (TPSA) is 63.6 Å². The second-order valence-corrected chi connectivity index (χ2v) is 7.54. The lowest BCUT2D eigenvalue weighted by atomic mass is 9.98. The van der Waals surface area contributed by atoms with Crippen molar-refractivity contribution in [3.8, 4) is 0 Å². The molecule has 2 aliphatic rings. The van der Waals surface area contributed by atoms with E-state index in [1.54, 1.807) is 12.1 Å². The van der Waals surface area contributed by atoms with Crippen molar-refractivity contribution in [2.75, 3.05) is 0 Å². The highest BCUT2D eigenvalue weighted by molar-refractivity contribution is 6.02. The van der Waals surface area contributed by atoms with E-state index in [0.29, 0.717) is 0 Å². The van der Waals surface area contributed by atoms with Crippen molar-refractivity contribution < 1.29 is 19.4 Å². The molecule has 4 heteroatoms. The smallest absolute Gasteiger partial charge is 0.339 e. The number of aromatic carboxylic acids is 1. The molecule has 0 saturated heterocycles. The predicted molar refractivity (Wildman–Crippen MR) is 109 cm³/mol. The van der Waals surface area contributed by atoms with Gasteiger partial charge in [0.2, 0.25) is 0 Å². The average Bonchev–Trinajstić information content (AvgIpc) is 2.71. The number of hydrogen-bond donors (Lipinski definition) is 1. The largest absolute Gasteiger partial charge is 0.478 e. The maximum absolute atomic E-state index is 12.6. The number of ether oxygens (including phenoxy) is 1. The van der Waals surface area contributed by atoms with Crippen LogP contribution in [0.4, 0.5) is 0 Å². The number of esters is 1. The van der Waals surface area contributed by atoms with Crippen LogP contribution in [0.3, 0.4) is 0 Å². The highest BCUT2D eigenvalue weighted by atomic mass is 16.5. The van der Waals surface area contributed by atoms with Crippen molar-refractivity contribution >= 4 is 11.9 Å². The molecule has 1 atom stereocenters. The summed E-state index contributed by atoms with van der Waals surface area (Å²) in [5, 5.41) is 9.31. The number of carbonyl (C=O) groups excluding carboxylic acids is 1. The fourth-order valence-corrected chi connectivity index (χ4v) is 3.78. The Bertz CT molecular complexity index is 795. The van der Waals surface area contributed by atoms with Crippen LogP contribution in [0, 0.1) is 0 Å². The predicted octanol–water partition coefficient (Wildman–Crippen LogP) is 5.44. The highest BCUT2D eigenvalue weighted by Crippen LogP contribution is 2.20. The van der Waals surface area contributed by atoms with Gasteiger partial charge >= 0.3 is 11.9 Å². The minimum absolute atomic E-state index is 0.00332. The lowest BCUT2D eigenvalue weighted by Gasteiger charge is -2.19. The number of benzene rings is 2. The molecule has 0 saturated carbocycles. The summed E-state index contributed by atoms with van der Waals surface area (Å²) in [6.45, 7) is 0. The third kappa shape index (κ3) is 5.69. The number of fused-ring (bicyclic) bond motifs is 11. The molecule has 0 spiro atoms. The third-order valence-electron chi connectivity index (χ3n) is 5.41. The molecule has 0 fully saturated rings. The van der Waals surface area contributed by atoms with Gasteiger partial charge in [-0.15, -0.1) is 0 Å². The van der Waals surface area contributed by atoms with E-state index in [9.17, 15) is 14.7 Å². The van der Waals surface area contributed by atoms with Crippen LogP contribution in [0.5, 0.6) is 0 Å². The molecule has 0 heterocycles. The van der Waals surface area contributed by atoms with Crippen molar-refractivity contribution in [3.63, 3.8) is 0 Å². The van der Waals surface area contributed by atoms with Gasteiger partial charge in [0.1, 0.15) is 6.10 Å². The Kier molecular flexibility index (Phi) is 7.24. The summed E-state index contributed by atoms with van der Waals surface area (Å²) >= 11 is 0. The van der Waals surface area contributed by atoms with Gasteiger partial charge in [0.05, 0.1) is 11.1 Å². The minimum Gasteiger partial charge on any atom is -0.478 e. The molecule has 2 aliphatic carbocycles. The molecule has 0 aliphatic heterocycles. The van der Waals surface area contributed by atoms with Crippen molar-refractivity contribution in [2.45, 2.75) is 63.9 Å². The van der Waals surface area contributed by atoms with Crippen molar-refractivity contribution in [3.05, 3.63) is 70.8 Å². The Hall–Kier alpha value is -2.62. The first-order valence-corrected chi connectivity index (χ1v) is 10.2. The molecule has 1 N–H and O–H groups in total. The molecule has 2 bridgehead atoms. The zero-order valence-electron chi connectivity index (χ0n) is 16.2.